The van der Waals surface area contributed by atoms with Gasteiger partial charge in [0.05, 0.1) is 22.4 Å². The van der Waals surface area contributed by atoms with E-state index >= 15 is 0 Å². The number of hydrogen-bond acceptors (Lipinski definition) is 2. The van der Waals surface area contributed by atoms with Crippen molar-refractivity contribution in [2.75, 3.05) is 4.90 Å². The Kier molecular flexibility index (Phi) is 8.17. The summed E-state index contributed by atoms with van der Waals surface area (Å²) in [4.78, 5) is 2.38. The van der Waals surface area contributed by atoms with Gasteiger partial charge in [0, 0.05) is 44.0 Å². The highest BCUT2D eigenvalue weighted by molar-refractivity contribution is 6.10. The Morgan fingerprint density at radius 1 is 0.328 bits per heavy atom. The molecule has 0 aliphatic rings. The van der Waals surface area contributed by atoms with Crippen molar-refractivity contribution in [2.45, 2.75) is 0 Å². The fourth-order valence-electron chi connectivity index (χ4n) is 9.31. The lowest BCUT2D eigenvalue weighted by atomic mass is 9.97. The van der Waals surface area contributed by atoms with Gasteiger partial charge in [-0.2, -0.15) is 0 Å². The first kappa shape index (κ1) is 34.9. The van der Waals surface area contributed by atoms with Crippen molar-refractivity contribution in [1.82, 2.24) is 4.57 Å². The first-order valence-corrected chi connectivity index (χ1v) is 20.8. The predicted molar refractivity (Wildman–Crippen MR) is 257 cm³/mol. The zero-order valence-corrected chi connectivity index (χ0v) is 33.2. The van der Waals surface area contributed by atoms with Gasteiger partial charge < -0.3 is 13.9 Å². The molecule has 0 radical (unpaired) electrons. The third-order valence-electron chi connectivity index (χ3n) is 12.2. The molecule has 12 aromatic rings. The average molecular weight is 779 g/mol. The normalized spacial score (nSPS) is 11.6. The molecule has 0 spiro atoms. The van der Waals surface area contributed by atoms with E-state index in [2.05, 4.69) is 228 Å². The second kappa shape index (κ2) is 14.3. The molecule has 0 unspecified atom stereocenters. The topological polar surface area (TPSA) is 21.3 Å². The van der Waals surface area contributed by atoms with Crippen molar-refractivity contribution in [3.63, 3.8) is 0 Å². The third-order valence-corrected chi connectivity index (χ3v) is 12.2. The van der Waals surface area contributed by atoms with Crippen LogP contribution >= 0.6 is 0 Å². The molecule has 286 valence electrons. The van der Waals surface area contributed by atoms with Crippen LogP contribution in [0.5, 0.6) is 0 Å². The minimum Gasteiger partial charge on any atom is -0.456 e. The van der Waals surface area contributed by atoms with E-state index in [9.17, 15) is 0 Å². The fraction of sp³-hybridized carbons (Fsp3) is 0. The van der Waals surface area contributed by atoms with E-state index in [4.69, 9.17) is 4.42 Å². The van der Waals surface area contributed by atoms with E-state index in [0.29, 0.717) is 0 Å². The summed E-state index contributed by atoms with van der Waals surface area (Å²) >= 11 is 0. The molecule has 3 heteroatoms. The lowest BCUT2D eigenvalue weighted by Gasteiger charge is -2.28. The monoisotopic (exact) mass is 778 g/mol. The zero-order chi connectivity index (χ0) is 40.3. The van der Waals surface area contributed by atoms with Gasteiger partial charge in [-0.25, -0.2) is 0 Å². The predicted octanol–water partition coefficient (Wildman–Crippen LogP) is 16.3. The van der Waals surface area contributed by atoms with Gasteiger partial charge in [-0.1, -0.05) is 158 Å². The maximum atomic E-state index is 6.29. The van der Waals surface area contributed by atoms with Crippen LogP contribution in [0.1, 0.15) is 0 Å². The van der Waals surface area contributed by atoms with Gasteiger partial charge in [0.2, 0.25) is 0 Å². The molecule has 0 aliphatic carbocycles. The lowest BCUT2D eigenvalue weighted by Crippen LogP contribution is -2.11. The van der Waals surface area contributed by atoms with E-state index < -0.39 is 0 Å². The van der Waals surface area contributed by atoms with Crippen LogP contribution < -0.4 is 4.90 Å². The van der Waals surface area contributed by atoms with Gasteiger partial charge in [-0.05, 0) is 106 Å². The molecule has 0 bridgehead atoms. The molecule has 61 heavy (non-hydrogen) atoms. The Morgan fingerprint density at radius 3 is 1.74 bits per heavy atom. The number of para-hydroxylation sites is 5. The summed E-state index contributed by atoms with van der Waals surface area (Å²) in [5, 5.41) is 7.17. The molecule has 2 aromatic heterocycles. The highest BCUT2D eigenvalue weighted by Gasteiger charge is 2.20. The molecule has 0 N–H and O–H groups in total. The van der Waals surface area contributed by atoms with Crippen molar-refractivity contribution in [3.8, 4) is 39.1 Å². The number of nitrogens with zero attached hydrogens (tertiary/aromatic N) is 2. The number of rotatable bonds is 7. The van der Waals surface area contributed by atoms with Crippen LogP contribution in [0.4, 0.5) is 17.1 Å². The van der Waals surface area contributed by atoms with Crippen molar-refractivity contribution in [2.24, 2.45) is 0 Å². The Bertz CT molecular complexity index is 3560. The SMILES string of the molecule is c1cc(-c2ccc(N(c3ccc4oc5ccccc5c4c3)c3ccccc3-c3ccc4ccccc4c3)cc2)cc(-c2ccccc2-n2c3ccccc3c3ccccc32)c1. The van der Waals surface area contributed by atoms with E-state index in [1.807, 2.05) is 12.1 Å². The summed E-state index contributed by atoms with van der Waals surface area (Å²) in [6.07, 6.45) is 0. The lowest BCUT2D eigenvalue weighted by molar-refractivity contribution is 0.669. The summed E-state index contributed by atoms with van der Waals surface area (Å²) in [6.45, 7) is 0. The van der Waals surface area contributed by atoms with Gasteiger partial charge in [0.25, 0.3) is 0 Å². The summed E-state index contributed by atoms with van der Waals surface area (Å²) in [5.74, 6) is 0. The zero-order valence-electron chi connectivity index (χ0n) is 33.2. The molecule has 0 amide bonds. The van der Waals surface area contributed by atoms with Crippen LogP contribution in [-0.2, 0) is 0 Å². The number of hydrogen-bond donors (Lipinski definition) is 0. The van der Waals surface area contributed by atoms with Crippen LogP contribution in [-0.4, -0.2) is 4.57 Å². The van der Waals surface area contributed by atoms with Crippen molar-refractivity contribution >= 4 is 71.6 Å². The maximum Gasteiger partial charge on any atom is 0.135 e. The Hall–Kier alpha value is -8.14. The quantitative estimate of drug-likeness (QED) is 0.161. The van der Waals surface area contributed by atoms with Crippen LogP contribution in [0.25, 0.3) is 93.6 Å². The number of furan rings is 1. The van der Waals surface area contributed by atoms with Crippen LogP contribution in [0.15, 0.2) is 235 Å². The molecule has 0 fully saturated rings. The standard InChI is InChI=1S/C58H38N2O/c1-2-15-41-37-44(29-28-39(41)14-1)48-19-3-8-23-53(48)59(46-34-35-58-52(38-46)51-22-7-12-27-57(51)61-58)45-32-30-40(31-33-45)42-16-13-17-43(36-42)47-18-4-9-24-54(47)60-55-25-10-5-20-49(55)50-21-6-11-26-56(50)60/h1-38H. The molecular weight excluding hydrogens is 741 g/mol. The first-order valence-electron chi connectivity index (χ1n) is 20.8. The Balaban J connectivity index is 0.973. The fourth-order valence-corrected chi connectivity index (χ4v) is 9.31. The number of anilines is 3. The summed E-state index contributed by atoms with van der Waals surface area (Å²) in [7, 11) is 0. The van der Waals surface area contributed by atoms with Crippen molar-refractivity contribution in [3.05, 3.63) is 231 Å². The van der Waals surface area contributed by atoms with E-state index in [0.717, 1.165) is 61.4 Å². The molecular formula is C58H38N2O. The molecule has 2 heterocycles. The Morgan fingerprint density at radius 2 is 0.918 bits per heavy atom. The average Bonchev–Trinajstić information content (AvgIpc) is 3.87. The van der Waals surface area contributed by atoms with Gasteiger partial charge in [0.15, 0.2) is 0 Å². The van der Waals surface area contributed by atoms with E-state index in [-0.39, 0.29) is 0 Å². The second-order valence-electron chi connectivity index (χ2n) is 15.7. The number of aromatic nitrogens is 1. The summed E-state index contributed by atoms with van der Waals surface area (Å²) in [5.41, 5.74) is 15.6. The molecule has 0 saturated carbocycles. The van der Waals surface area contributed by atoms with Gasteiger partial charge in [-0.15, -0.1) is 0 Å². The highest BCUT2D eigenvalue weighted by atomic mass is 16.3. The minimum atomic E-state index is 0.877. The second-order valence-corrected chi connectivity index (χ2v) is 15.7. The maximum absolute atomic E-state index is 6.29. The van der Waals surface area contributed by atoms with Crippen LogP contribution in [0.2, 0.25) is 0 Å². The van der Waals surface area contributed by atoms with Crippen molar-refractivity contribution < 1.29 is 4.42 Å². The van der Waals surface area contributed by atoms with Crippen LogP contribution in [0, 0.1) is 0 Å². The molecule has 10 aromatic carbocycles. The van der Waals surface area contributed by atoms with Crippen molar-refractivity contribution in [1.29, 1.82) is 0 Å². The number of fused-ring (bicyclic) bond motifs is 7. The van der Waals surface area contributed by atoms with Gasteiger partial charge >= 0.3 is 0 Å². The third kappa shape index (κ3) is 5.90. The molecule has 0 saturated heterocycles. The molecule has 0 atom stereocenters. The van der Waals surface area contributed by atoms with E-state index in [1.165, 1.54) is 49.3 Å². The Labute approximate surface area is 353 Å². The largest absolute Gasteiger partial charge is 0.456 e. The van der Waals surface area contributed by atoms with E-state index in [1.54, 1.807) is 0 Å². The molecule has 12 rings (SSSR count). The highest BCUT2D eigenvalue weighted by Crippen LogP contribution is 2.44. The smallest absolute Gasteiger partial charge is 0.135 e. The first-order chi connectivity index (χ1) is 30.2. The minimum absolute atomic E-state index is 0.877. The molecule has 3 nitrogen and oxygen atoms in total. The molecule has 0 aliphatic heterocycles. The van der Waals surface area contributed by atoms with Gasteiger partial charge in [0.1, 0.15) is 11.2 Å². The van der Waals surface area contributed by atoms with Gasteiger partial charge in [-0.3, -0.25) is 0 Å². The summed E-state index contributed by atoms with van der Waals surface area (Å²) in [6, 6.07) is 83.0. The van der Waals surface area contributed by atoms with Crippen LogP contribution in [0.3, 0.4) is 0 Å². The summed E-state index contributed by atoms with van der Waals surface area (Å²) < 4.78 is 8.70. The number of benzene rings is 10.